The van der Waals surface area contributed by atoms with Gasteiger partial charge in [0.1, 0.15) is 0 Å². The molecule has 0 bridgehead atoms. The first-order chi connectivity index (χ1) is 19.2. The Morgan fingerprint density at radius 3 is 1.67 bits per heavy atom. The number of rotatable bonds is 4. The third-order valence-electron chi connectivity index (χ3n) is 7.56. The predicted octanol–water partition coefficient (Wildman–Crippen LogP) is 2.67. The van der Waals surface area contributed by atoms with Crippen LogP contribution in [0.3, 0.4) is 0 Å². The molecule has 0 unspecified atom stereocenters. The van der Waals surface area contributed by atoms with Crippen molar-refractivity contribution in [1.82, 2.24) is 0 Å². The summed E-state index contributed by atoms with van der Waals surface area (Å²) < 4.78 is 0. The van der Waals surface area contributed by atoms with Crippen LogP contribution in [0.4, 0.5) is 0 Å². The molecule has 0 aliphatic heterocycles. The van der Waals surface area contributed by atoms with Crippen molar-refractivity contribution in [3.63, 3.8) is 0 Å². The summed E-state index contributed by atoms with van der Waals surface area (Å²) in [7, 11) is 0. The van der Waals surface area contributed by atoms with E-state index in [9.17, 15) is 0 Å². The molecule has 42 heavy (non-hydrogen) atoms. The quantitative estimate of drug-likeness (QED) is 0.198. The summed E-state index contributed by atoms with van der Waals surface area (Å²) in [6, 6.07) is 43.1. The first-order valence-corrected chi connectivity index (χ1v) is 19.5. The Hall–Kier alpha value is -2.09. The van der Waals surface area contributed by atoms with Crippen LogP contribution in [-0.4, -0.2) is 5.43 Å². The number of halogens is 2. The van der Waals surface area contributed by atoms with Crippen molar-refractivity contribution in [2.24, 2.45) is 0 Å². The molecular weight excluding hydrogens is 647 g/mol. The Labute approximate surface area is 281 Å². The van der Waals surface area contributed by atoms with Crippen LogP contribution in [0.25, 0.3) is 11.1 Å². The average Bonchev–Trinajstić information content (AvgIpc) is 3.54. The molecule has 1 aliphatic carbocycles. The van der Waals surface area contributed by atoms with Crippen LogP contribution >= 0.6 is 0 Å². The summed E-state index contributed by atoms with van der Waals surface area (Å²) in [5.74, 6) is 1.16. The number of hydrogen-bond acceptors (Lipinski definition) is 0. The van der Waals surface area contributed by atoms with Crippen molar-refractivity contribution in [2.75, 3.05) is 0 Å². The van der Waals surface area contributed by atoms with Gasteiger partial charge < -0.3 is 24.8 Å². The van der Waals surface area contributed by atoms with E-state index in [1.54, 1.807) is 23.3 Å². The van der Waals surface area contributed by atoms with Gasteiger partial charge in [-0.25, -0.2) is 0 Å². The molecule has 0 aromatic heterocycles. The third-order valence-corrected chi connectivity index (χ3v) is 13.6. The molecule has 0 fully saturated rings. The average molecular weight is 687 g/mol. The summed E-state index contributed by atoms with van der Waals surface area (Å²) >= 11 is 1.64. The summed E-state index contributed by atoms with van der Waals surface area (Å²) in [6.07, 6.45) is 1.05. The molecule has 0 saturated heterocycles. The normalized spacial score (nSPS) is 10.7. The monoisotopic (exact) mass is 684 g/mol. The van der Waals surface area contributed by atoms with Gasteiger partial charge >= 0.3 is 99.8 Å². The fraction of sp³-hybridized carbons (Fsp3) is 0.237. The third kappa shape index (κ3) is 9.45. The van der Waals surface area contributed by atoms with Gasteiger partial charge in [0.2, 0.25) is 0 Å². The number of benzene rings is 4. The van der Waals surface area contributed by atoms with E-state index in [1.807, 2.05) is 0 Å². The maximum absolute atomic E-state index is 3.62. The van der Waals surface area contributed by atoms with Crippen LogP contribution in [0.15, 0.2) is 109 Å². The van der Waals surface area contributed by atoms with Gasteiger partial charge in [0, 0.05) is 0 Å². The molecule has 216 valence electrons. The minimum atomic E-state index is -0.455. The van der Waals surface area contributed by atoms with Crippen LogP contribution in [0.5, 0.6) is 0 Å². The molecule has 5 aromatic rings. The Morgan fingerprint density at radius 2 is 1.21 bits per heavy atom. The molecule has 0 heterocycles. The second-order valence-corrected chi connectivity index (χ2v) is 16.8. The molecule has 6 rings (SSSR count). The van der Waals surface area contributed by atoms with Crippen molar-refractivity contribution >= 4 is 15.8 Å². The van der Waals surface area contributed by atoms with Crippen molar-refractivity contribution in [1.29, 1.82) is 0 Å². The number of fused-ring (bicyclic) bond motifs is 3. The van der Waals surface area contributed by atoms with Gasteiger partial charge in [0.25, 0.3) is 0 Å². The van der Waals surface area contributed by atoms with Crippen LogP contribution in [0.2, 0.25) is 0 Å². The molecule has 0 atom stereocenters. The van der Waals surface area contributed by atoms with Crippen molar-refractivity contribution in [3.8, 4) is 11.1 Å². The van der Waals surface area contributed by atoms with Crippen molar-refractivity contribution < 1.29 is 48.1 Å². The van der Waals surface area contributed by atoms with E-state index >= 15 is 0 Å². The van der Waals surface area contributed by atoms with Gasteiger partial charge in [-0.2, -0.15) is 53.1 Å². The fourth-order valence-electron chi connectivity index (χ4n) is 4.83. The van der Waals surface area contributed by atoms with E-state index in [0.717, 1.165) is 6.42 Å². The van der Waals surface area contributed by atoms with Gasteiger partial charge in [-0.05, 0) is 29.4 Å². The first kappa shape index (κ1) is 36.1. The standard InChI is InChI=1S/C19H21.C12H10Si.C7H9.2ClH.Zr/c1-12(2)14-5-7-18-16(9-14)11-17-10-15(13(3)4)6-8-19(17)18;1-3-7-11(8-4-1)13-12-9-5-2-6-10-12;1-6-4-3-5-7(6)2;;;/h5-9,12-13H,11H2,1-4H3;1-10H;3-5H,1-2H3;2*1H;/q-1;;-1;;;+2/p-2. The fourth-order valence-corrected chi connectivity index (χ4v) is 8.68. The number of hydrogen-bond donors (Lipinski definition) is 0. The van der Waals surface area contributed by atoms with E-state index in [2.05, 4.69) is 157 Å². The van der Waals surface area contributed by atoms with Crippen LogP contribution in [-0.2, 0) is 29.8 Å². The van der Waals surface area contributed by atoms with Crippen molar-refractivity contribution in [2.45, 2.75) is 59.8 Å². The Bertz CT molecular complexity index is 1440. The van der Waals surface area contributed by atoms with E-state index in [4.69, 9.17) is 0 Å². The van der Waals surface area contributed by atoms with E-state index < -0.39 is 5.43 Å². The summed E-state index contributed by atoms with van der Waals surface area (Å²) in [5, 5.41) is 3.03. The molecule has 5 aromatic carbocycles. The second kappa shape index (κ2) is 17.3. The molecule has 0 amide bonds. The number of aryl methyl sites for hydroxylation is 2. The minimum absolute atomic E-state index is 0. The topological polar surface area (TPSA) is 0 Å². The molecule has 1 aliphatic rings. The summed E-state index contributed by atoms with van der Waals surface area (Å²) in [6.45, 7) is 13.2. The Morgan fingerprint density at radius 1 is 0.690 bits per heavy atom. The summed E-state index contributed by atoms with van der Waals surface area (Å²) in [4.78, 5) is 0. The zero-order chi connectivity index (χ0) is 28.6. The predicted molar refractivity (Wildman–Crippen MR) is 171 cm³/mol. The second-order valence-electron chi connectivity index (χ2n) is 11.2. The molecule has 0 N–H and O–H groups in total. The molecule has 4 heteroatoms. The molecule has 0 saturated carbocycles. The van der Waals surface area contributed by atoms with Gasteiger partial charge in [-0.1, -0.05) is 65.3 Å². The zero-order valence-electron chi connectivity index (χ0n) is 25.5. The summed E-state index contributed by atoms with van der Waals surface area (Å²) in [5.41, 5.74) is 10.7. The SMILES string of the molecule is CC(C)c1[c-]c2c(cc1)-c1ccc(C(C)C)cc1C2.Cc1c[cH-]cc1C.[Cl-].[Cl-].[Zr+2]=[Si](c1ccccc1)c1ccccc1. The Kier molecular flexibility index (Phi) is 14.8. The van der Waals surface area contributed by atoms with Crippen LogP contribution in [0.1, 0.15) is 72.9 Å². The van der Waals surface area contributed by atoms with E-state index in [-0.39, 0.29) is 24.8 Å². The van der Waals surface area contributed by atoms with Crippen LogP contribution < -0.4 is 35.2 Å². The van der Waals surface area contributed by atoms with E-state index in [1.165, 1.54) is 54.9 Å². The first-order valence-electron chi connectivity index (χ1n) is 14.3. The molecule has 0 nitrogen and oxygen atoms in total. The van der Waals surface area contributed by atoms with E-state index in [0.29, 0.717) is 11.8 Å². The zero-order valence-corrected chi connectivity index (χ0v) is 30.5. The molecule has 0 spiro atoms. The van der Waals surface area contributed by atoms with Gasteiger partial charge in [-0.3, -0.25) is 0 Å². The van der Waals surface area contributed by atoms with Crippen molar-refractivity contribution in [3.05, 3.63) is 149 Å². The van der Waals surface area contributed by atoms with Gasteiger partial charge in [0.05, 0.1) is 0 Å². The van der Waals surface area contributed by atoms with Gasteiger partial charge in [-0.15, -0.1) is 11.1 Å². The Balaban J connectivity index is 0.000000236. The van der Waals surface area contributed by atoms with Crippen LogP contribution in [0, 0.1) is 19.9 Å². The maximum atomic E-state index is 3.62. The van der Waals surface area contributed by atoms with Gasteiger partial charge in [0.15, 0.2) is 0 Å². The molecular formula is C38H40Cl2SiZr-2. The molecule has 0 radical (unpaired) electrons.